The number of benzene rings is 1. The Balaban J connectivity index is 1.71. The van der Waals surface area contributed by atoms with Crippen molar-refractivity contribution in [3.63, 3.8) is 0 Å². The SMILES string of the molecule is COc1ccc(NC2CC3CCC2C3)cc1O. The van der Waals surface area contributed by atoms with E-state index in [1.54, 1.807) is 13.2 Å². The summed E-state index contributed by atoms with van der Waals surface area (Å²) in [5.41, 5.74) is 1.00. The molecule has 0 amide bonds. The number of nitrogens with one attached hydrogen (secondary N) is 1. The van der Waals surface area contributed by atoms with Crippen molar-refractivity contribution in [2.24, 2.45) is 11.8 Å². The molecule has 1 aromatic rings. The average molecular weight is 233 g/mol. The highest BCUT2D eigenvalue weighted by Gasteiger charge is 2.39. The third-order valence-corrected chi connectivity index (χ3v) is 4.27. The molecule has 3 nitrogen and oxygen atoms in total. The van der Waals surface area contributed by atoms with E-state index in [1.165, 1.54) is 25.7 Å². The molecule has 0 aliphatic heterocycles. The van der Waals surface area contributed by atoms with Gasteiger partial charge in [0.25, 0.3) is 0 Å². The van der Waals surface area contributed by atoms with Crippen molar-refractivity contribution >= 4 is 5.69 Å². The fourth-order valence-electron chi connectivity index (χ4n) is 3.42. The van der Waals surface area contributed by atoms with Crippen LogP contribution < -0.4 is 10.1 Å². The van der Waals surface area contributed by atoms with Crippen LogP contribution in [0.2, 0.25) is 0 Å². The number of fused-ring (bicyclic) bond motifs is 2. The fourth-order valence-corrected chi connectivity index (χ4v) is 3.42. The smallest absolute Gasteiger partial charge is 0.160 e. The minimum absolute atomic E-state index is 0.209. The Morgan fingerprint density at radius 2 is 2.18 bits per heavy atom. The first-order valence-corrected chi connectivity index (χ1v) is 6.40. The summed E-state index contributed by atoms with van der Waals surface area (Å²) in [6.07, 6.45) is 5.46. The summed E-state index contributed by atoms with van der Waals surface area (Å²) in [6.45, 7) is 0. The number of aromatic hydroxyl groups is 1. The molecule has 0 radical (unpaired) electrons. The number of hydrogen-bond donors (Lipinski definition) is 2. The van der Waals surface area contributed by atoms with Gasteiger partial charge < -0.3 is 15.2 Å². The lowest BCUT2D eigenvalue weighted by molar-refractivity contribution is 0.373. The van der Waals surface area contributed by atoms with Crippen LogP contribution in [0.5, 0.6) is 11.5 Å². The number of ether oxygens (including phenoxy) is 1. The number of phenolic OH excluding ortho intramolecular Hbond substituents is 1. The number of methoxy groups -OCH3 is 1. The second-order valence-corrected chi connectivity index (χ2v) is 5.31. The van der Waals surface area contributed by atoms with E-state index < -0.39 is 0 Å². The van der Waals surface area contributed by atoms with Crippen molar-refractivity contribution in [1.82, 2.24) is 0 Å². The first-order chi connectivity index (χ1) is 8.26. The van der Waals surface area contributed by atoms with E-state index in [4.69, 9.17) is 4.74 Å². The zero-order valence-electron chi connectivity index (χ0n) is 10.1. The van der Waals surface area contributed by atoms with Crippen LogP contribution in [0.15, 0.2) is 18.2 Å². The fraction of sp³-hybridized carbons (Fsp3) is 0.571. The van der Waals surface area contributed by atoms with Gasteiger partial charge in [-0.3, -0.25) is 0 Å². The lowest BCUT2D eigenvalue weighted by Gasteiger charge is -2.24. The summed E-state index contributed by atoms with van der Waals surface area (Å²) < 4.78 is 5.04. The highest BCUT2D eigenvalue weighted by atomic mass is 16.5. The molecule has 3 rings (SSSR count). The maximum absolute atomic E-state index is 9.73. The average Bonchev–Trinajstić information content (AvgIpc) is 2.91. The largest absolute Gasteiger partial charge is 0.504 e. The quantitative estimate of drug-likeness (QED) is 0.843. The van der Waals surface area contributed by atoms with Crippen LogP contribution in [-0.4, -0.2) is 18.3 Å². The Morgan fingerprint density at radius 1 is 1.29 bits per heavy atom. The predicted octanol–water partition coefficient (Wildman–Crippen LogP) is 3.00. The van der Waals surface area contributed by atoms with E-state index in [9.17, 15) is 5.11 Å². The Morgan fingerprint density at radius 3 is 2.76 bits per heavy atom. The van der Waals surface area contributed by atoms with E-state index in [0.29, 0.717) is 11.8 Å². The van der Waals surface area contributed by atoms with Gasteiger partial charge in [0, 0.05) is 17.8 Å². The molecule has 2 aliphatic rings. The molecular weight excluding hydrogens is 214 g/mol. The van der Waals surface area contributed by atoms with Crippen molar-refractivity contribution < 1.29 is 9.84 Å². The summed E-state index contributed by atoms with van der Waals surface area (Å²) >= 11 is 0. The highest BCUT2D eigenvalue weighted by Crippen LogP contribution is 2.45. The Hall–Kier alpha value is -1.38. The van der Waals surface area contributed by atoms with Gasteiger partial charge in [-0.1, -0.05) is 6.42 Å². The van der Waals surface area contributed by atoms with E-state index in [1.807, 2.05) is 12.1 Å². The highest BCUT2D eigenvalue weighted by molar-refractivity contribution is 5.54. The normalized spacial score (nSPS) is 30.5. The molecule has 2 fully saturated rings. The van der Waals surface area contributed by atoms with Crippen LogP contribution in [0.4, 0.5) is 5.69 Å². The van der Waals surface area contributed by atoms with E-state index >= 15 is 0 Å². The van der Waals surface area contributed by atoms with Gasteiger partial charge in [0.2, 0.25) is 0 Å². The van der Waals surface area contributed by atoms with E-state index in [0.717, 1.165) is 17.5 Å². The van der Waals surface area contributed by atoms with Gasteiger partial charge in [0.05, 0.1) is 7.11 Å². The Labute approximate surface area is 102 Å². The van der Waals surface area contributed by atoms with Crippen LogP contribution in [0.3, 0.4) is 0 Å². The van der Waals surface area contributed by atoms with Gasteiger partial charge >= 0.3 is 0 Å². The monoisotopic (exact) mass is 233 g/mol. The van der Waals surface area contributed by atoms with Crippen molar-refractivity contribution in [3.8, 4) is 11.5 Å². The molecular formula is C14H19NO2. The standard InChI is InChI=1S/C14H19NO2/c1-17-14-5-4-11(8-13(14)16)15-12-7-9-2-3-10(12)6-9/h4-5,8-10,12,15-16H,2-3,6-7H2,1H3. The van der Waals surface area contributed by atoms with Crippen LogP contribution in [0, 0.1) is 11.8 Å². The van der Waals surface area contributed by atoms with Crippen molar-refractivity contribution in [2.75, 3.05) is 12.4 Å². The van der Waals surface area contributed by atoms with Gasteiger partial charge in [-0.15, -0.1) is 0 Å². The van der Waals surface area contributed by atoms with Gasteiger partial charge in [-0.05, 0) is 43.2 Å². The first kappa shape index (κ1) is 10.8. The Kier molecular flexibility index (Phi) is 2.61. The molecule has 92 valence electrons. The molecule has 0 spiro atoms. The summed E-state index contributed by atoms with van der Waals surface area (Å²) in [7, 11) is 1.57. The third kappa shape index (κ3) is 1.94. The number of anilines is 1. The summed E-state index contributed by atoms with van der Waals surface area (Å²) in [5, 5.41) is 13.3. The maximum Gasteiger partial charge on any atom is 0.160 e. The lowest BCUT2D eigenvalue weighted by Crippen LogP contribution is -2.25. The molecule has 0 heterocycles. The molecule has 0 saturated heterocycles. The van der Waals surface area contributed by atoms with E-state index in [2.05, 4.69) is 5.32 Å². The third-order valence-electron chi connectivity index (χ3n) is 4.27. The van der Waals surface area contributed by atoms with Crippen LogP contribution in [0.1, 0.15) is 25.7 Å². The van der Waals surface area contributed by atoms with Crippen molar-refractivity contribution in [2.45, 2.75) is 31.7 Å². The predicted molar refractivity (Wildman–Crippen MR) is 67.5 cm³/mol. The van der Waals surface area contributed by atoms with Crippen LogP contribution in [0.25, 0.3) is 0 Å². The van der Waals surface area contributed by atoms with Crippen LogP contribution in [-0.2, 0) is 0 Å². The van der Waals surface area contributed by atoms with Crippen molar-refractivity contribution in [3.05, 3.63) is 18.2 Å². The molecule has 2 bridgehead atoms. The zero-order chi connectivity index (χ0) is 11.8. The molecule has 3 atom stereocenters. The second-order valence-electron chi connectivity index (χ2n) is 5.31. The molecule has 3 heteroatoms. The molecule has 2 N–H and O–H groups in total. The number of phenols is 1. The van der Waals surface area contributed by atoms with Gasteiger partial charge in [0.15, 0.2) is 11.5 Å². The maximum atomic E-state index is 9.73. The zero-order valence-corrected chi connectivity index (χ0v) is 10.1. The molecule has 2 aliphatic carbocycles. The Bertz CT molecular complexity index is 419. The topological polar surface area (TPSA) is 41.5 Å². The minimum Gasteiger partial charge on any atom is -0.504 e. The number of hydrogen-bond acceptors (Lipinski definition) is 3. The van der Waals surface area contributed by atoms with Gasteiger partial charge in [0.1, 0.15) is 0 Å². The lowest BCUT2D eigenvalue weighted by atomic mass is 9.95. The molecule has 1 aromatic carbocycles. The van der Waals surface area contributed by atoms with E-state index in [-0.39, 0.29) is 5.75 Å². The summed E-state index contributed by atoms with van der Waals surface area (Å²) in [5.74, 6) is 2.51. The molecule has 0 aromatic heterocycles. The van der Waals surface area contributed by atoms with Crippen molar-refractivity contribution in [1.29, 1.82) is 0 Å². The summed E-state index contributed by atoms with van der Waals surface area (Å²) in [4.78, 5) is 0. The molecule has 2 saturated carbocycles. The summed E-state index contributed by atoms with van der Waals surface area (Å²) in [6, 6.07) is 6.14. The second kappa shape index (κ2) is 4.13. The van der Waals surface area contributed by atoms with Crippen LogP contribution >= 0.6 is 0 Å². The molecule has 17 heavy (non-hydrogen) atoms. The number of rotatable bonds is 3. The first-order valence-electron chi connectivity index (χ1n) is 6.40. The molecule has 3 unspecified atom stereocenters. The van der Waals surface area contributed by atoms with Gasteiger partial charge in [-0.25, -0.2) is 0 Å². The van der Waals surface area contributed by atoms with Gasteiger partial charge in [-0.2, -0.15) is 0 Å². The minimum atomic E-state index is 0.209.